The summed E-state index contributed by atoms with van der Waals surface area (Å²) in [5.41, 5.74) is 0. The zero-order chi connectivity index (χ0) is 5.70. The van der Waals surface area contributed by atoms with Gasteiger partial charge in [-0.1, -0.05) is 44.9 Å². The first-order valence-corrected chi connectivity index (χ1v) is 4.13. The van der Waals surface area contributed by atoms with Crippen molar-refractivity contribution in [3.8, 4) is 0 Å². The van der Waals surface area contributed by atoms with Crippen LogP contribution in [0.5, 0.6) is 0 Å². The van der Waals surface area contributed by atoms with Crippen molar-refractivity contribution in [1.29, 1.82) is 0 Å². The maximum absolute atomic E-state index is 3.37. The lowest BCUT2D eigenvalue weighted by molar-refractivity contribution is 1.20. The second kappa shape index (κ2) is 4.85. The summed E-state index contributed by atoms with van der Waals surface area (Å²) in [7, 11) is 0. The minimum atomic E-state index is 0.946. The SMILES string of the molecule is CCC(Br)=CCBr. The Balaban J connectivity index is 3.29. The third-order valence-electron chi connectivity index (χ3n) is 0.636. The van der Waals surface area contributed by atoms with Crippen LogP contribution in [0.2, 0.25) is 0 Å². The number of alkyl halides is 1. The Kier molecular flexibility index (Phi) is 5.33. The van der Waals surface area contributed by atoms with E-state index < -0.39 is 0 Å². The summed E-state index contributed by atoms with van der Waals surface area (Å²) in [5.74, 6) is 0. The molecule has 0 aromatic rings. The number of hydrogen-bond donors (Lipinski definition) is 0. The van der Waals surface area contributed by atoms with Crippen LogP contribution >= 0.6 is 31.9 Å². The van der Waals surface area contributed by atoms with Gasteiger partial charge in [-0.2, -0.15) is 0 Å². The molecule has 0 aliphatic carbocycles. The van der Waals surface area contributed by atoms with Crippen LogP contribution in [-0.2, 0) is 0 Å². The smallest absolute Gasteiger partial charge is 0.0222 e. The average Bonchev–Trinajstić information content (AvgIpc) is 1.68. The van der Waals surface area contributed by atoms with Gasteiger partial charge in [0.2, 0.25) is 0 Å². The molecule has 7 heavy (non-hydrogen) atoms. The molecule has 0 nitrogen and oxygen atoms in total. The number of allylic oxidation sites excluding steroid dienone is 2. The predicted octanol–water partition coefficient (Wildman–Crippen LogP) is 3.07. The summed E-state index contributed by atoms with van der Waals surface area (Å²) < 4.78 is 1.27. The molecule has 2 heteroatoms. The minimum absolute atomic E-state index is 0.946. The molecule has 0 saturated carbocycles. The van der Waals surface area contributed by atoms with E-state index in [-0.39, 0.29) is 0 Å². The first kappa shape index (κ1) is 7.70. The van der Waals surface area contributed by atoms with Gasteiger partial charge < -0.3 is 0 Å². The van der Waals surface area contributed by atoms with Crippen LogP contribution < -0.4 is 0 Å². The molecule has 42 valence electrons. The molecule has 0 radical (unpaired) electrons. The van der Waals surface area contributed by atoms with E-state index in [2.05, 4.69) is 44.9 Å². The fourth-order valence-electron chi connectivity index (χ4n) is 0.228. The molecule has 0 saturated heterocycles. The van der Waals surface area contributed by atoms with E-state index in [4.69, 9.17) is 0 Å². The van der Waals surface area contributed by atoms with Crippen LogP contribution in [-0.4, -0.2) is 5.33 Å². The molecule has 0 amide bonds. The van der Waals surface area contributed by atoms with Gasteiger partial charge in [0.25, 0.3) is 0 Å². The maximum atomic E-state index is 3.37. The predicted molar refractivity (Wildman–Crippen MR) is 41.1 cm³/mol. The van der Waals surface area contributed by atoms with Crippen molar-refractivity contribution in [2.75, 3.05) is 5.33 Å². The van der Waals surface area contributed by atoms with Gasteiger partial charge in [-0.25, -0.2) is 0 Å². The van der Waals surface area contributed by atoms with Crippen molar-refractivity contribution < 1.29 is 0 Å². The van der Waals surface area contributed by atoms with E-state index in [9.17, 15) is 0 Å². The fraction of sp³-hybridized carbons (Fsp3) is 0.600. The Bertz CT molecular complexity index is 66.5. The molecule has 0 heterocycles. The molecule has 0 spiro atoms. The molecule has 0 aromatic heterocycles. The van der Waals surface area contributed by atoms with Gasteiger partial charge in [0, 0.05) is 5.33 Å². The second-order valence-electron chi connectivity index (χ2n) is 1.16. The van der Waals surface area contributed by atoms with E-state index in [0.717, 1.165) is 11.8 Å². The normalized spacial score (nSPS) is 12.1. The third kappa shape index (κ3) is 4.56. The Hall–Kier alpha value is 0.700. The van der Waals surface area contributed by atoms with Crippen LogP contribution in [0.3, 0.4) is 0 Å². The van der Waals surface area contributed by atoms with Gasteiger partial charge in [-0.3, -0.25) is 0 Å². The highest BCUT2D eigenvalue weighted by molar-refractivity contribution is 9.11. The molecule has 0 unspecified atom stereocenters. The lowest BCUT2D eigenvalue weighted by Gasteiger charge is -1.85. The van der Waals surface area contributed by atoms with Crippen LogP contribution in [0.4, 0.5) is 0 Å². The van der Waals surface area contributed by atoms with E-state index in [1.54, 1.807) is 0 Å². The minimum Gasteiger partial charge on any atom is -0.0883 e. The Morgan fingerprint density at radius 2 is 2.29 bits per heavy atom. The fourth-order valence-corrected chi connectivity index (χ4v) is 1.22. The van der Waals surface area contributed by atoms with Gasteiger partial charge in [0.05, 0.1) is 0 Å². The maximum Gasteiger partial charge on any atom is 0.0222 e. The summed E-state index contributed by atoms with van der Waals surface area (Å²) in [6, 6.07) is 0. The largest absolute Gasteiger partial charge is 0.0883 e. The molecule has 0 N–H and O–H groups in total. The first-order chi connectivity index (χ1) is 3.31. The van der Waals surface area contributed by atoms with E-state index >= 15 is 0 Å². The van der Waals surface area contributed by atoms with Crippen molar-refractivity contribution in [3.05, 3.63) is 10.6 Å². The molecule has 0 atom stereocenters. The lowest BCUT2D eigenvalue weighted by atomic mass is 10.4. The van der Waals surface area contributed by atoms with Crippen LogP contribution in [0, 0.1) is 0 Å². The Morgan fingerprint density at radius 3 is 2.43 bits per heavy atom. The average molecular weight is 228 g/mol. The summed E-state index contributed by atoms with van der Waals surface area (Å²) in [6.07, 6.45) is 3.19. The molecular formula is C5H8Br2. The van der Waals surface area contributed by atoms with Crippen molar-refractivity contribution in [1.82, 2.24) is 0 Å². The summed E-state index contributed by atoms with van der Waals surface area (Å²) >= 11 is 6.65. The van der Waals surface area contributed by atoms with Crippen LogP contribution in [0.15, 0.2) is 10.6 Å². The number of rotatable bonds is 2. The molecule has 0 aromatic carbocycles. The molecule has 0 bridgehead atoms. The molecule has 0 rings (SSSR count). The quantitative estimate of drug-likeness (QED) is 0.637. The second-order valence-corrected chi connectivity index (χ2v) is 2.82. The number of hydrogen-bond acceptors (Lipinski definition) is 0. The van der Waals surface area contributed by atoms with Gasteiger partial charge in [0.15, 0.2) is 0 Å². The molecule has 0 fully saturated rings. The number of halogens is 2. The highest BCUT2D eigenvalue weighted by atomic mass is 79.9. The zero-order valence-corrected chi connectivity index (χ0v) is 7.42. The van der Waals surface area contributed by atoms with Gasteiger partial charge in [-0.15, -0.1) is 0 Å². The highest BCUT2D eigenvalue weighted by Gasteiger charge is 1.80. The van der Waals surface area contributed by atoms with Gasteiger partial charge >= 0.3 is 0 Å². The standard InChI is InChI=1S/C5H8Br2/c1-2-5(7)3-4-6/h3H,2,4H2,1H3. The monoisotopic (exact) mass is 226 g/mol. The Labute approximate surface area is 61.2 Å². The first-order valence-electron chi connectivity index (χ1n) is 2.21. The summed E-state index contributed by atoms with van der Waals surface area (Å²) in [5, 5.41) is 0.946. The van der Waals surface area contributed by atoms with Gasteiger partial charge in [0.1, 0.15) is 0 Å². The van der Waals surface area contributed by atoms with E-state index in [1.807, 2.05) is 0 Å². The zero-order valence-electron chi connectivity index (χ0n) is 4.25. The Morgan fingerprint density at radius 1 is 1.71 bits per heavy atom. The highest BCUT2D eigenvalue weighted by Crippen LogP contribution is 2.08. The molecule has 0 aliphatic heterocycles. The van der Waals surface area contributed by atoms with E-state index in [1.165, 1.54) is 4.48 Å². The van der Waals surface area contributed by atoms with Crippen molar-refractivity contribution >= 4 is 31.9 Å². The van der Waals surface area contributed by atoms with Gasteiger partial charge in [-0.05, 0) is 10.9 Å². The topological polar surface area (TPSA) is 0 Å². The lowest BCUT2D eigenvalue weighted by Crippen LogP contribution is -1.65. The van der Waals surface area contributed by atoms with Crippen LogP contribution in [0.1, 0.15) is 13.3 Å². The van der Waals surface area contributed by atoms with Crippen molar-refractivity contribution in [3.63, 3.8) is 0 Å². The van der Waals surface area contributed by atoms with Crippen molar-refractivity contribution in [2.45, 2.75) is 13.3 Å². The molecule has 0 aliphatic rings. The van der Waals surface area contributed by atoms with Crippen molar-refractivity contribution in [2.24, 2.45) is 0 Å². The summed E-state index contributed by atoms with van der Waals surface area (Å²) in [6.45, 7) is 2.11. The molecular weight excluding hydrogens is 220 g/mol. The summed E-state index contributed by atoms with van der Waals surface area (Å²) in [4.78, 5) is 0. The van der Waals surface area contributed by atoms with Crippen LogP contribution in [0.25, 0.3) is 0 Å². The van der Waals surface area contributed by atoms with E-state index in [0.29, 0.717) is 0 Å². The third-order valence-corrected chi connectivity index (χ3v) is 1.84.